The molecule has 0 spiro atoms. The number of rotatable bonds is 3. The molecule has 1 amide bonds. The highest BCUT2D eigenvalue weighted by molar-refractivity contribution is 6.82. The molecular weight excluding hydrogens is 367 g/mol. The maximum atomic E-state index is 13.2. The van der Waals surface area contributed by atoms with Crippen LogP contribution in [0.3, 0.4) is 0 Å². The Morgan fingerprint density at radius 2 is 1.83 bits per heavy atom. The first kappa shape index (κ1) is 19.9. The van der Waals surface area contributed by atoms with Gasteiger partial charge in [-0.1, -0.05) is 12.1 Å². The number of fused-ring (bicyclic) bond motifs is 1. The summed E-state index contributed by atoms with van der Waals surface area (Å²) in [6, 6.07) is 9.30. The molecule has 4 rings (SSSR count). The van der Waals surface area contributed by atoms with Crippen LogP contribution >= 0.6 is 0 Å². The van der Waals surface area contributed by atoms with Gasteiger partial charge in [0, 0.05) is 19.5 Å². The van der Waals surface area contributed by atoms with Gasteiger partial charge in [0.2, 0.25) is 5.91 Å². The summed E-state index contributed by atoms with van der Waals surface area (Å²) in [5.41, 5.74) is 1.56. The van der Waals surface area contributed by atoms with Crippen molar-refractivity contribution in [2.75, 3.05) is 6.54 Å². The van der Waals surface area contributed by atoms with Gasteiger partial charge in [-0.3, -0.25) is 9.80 Å². The highest BCUT2D eigenvalue weighted by Gasteiger charge is 2.55. The number of piperazine rings is 1. The Labute approximate surface area is 172 Å². The standard InChI is InChI=1S/C21H27BN4O3/c1-14-12-25(13-16-8-6-15(11-23)7-9-16)19(27)17-10-18(24-26(14)17)22-28-20(2,3)21(4,5)29-22/h6-9,14,17H,10,12-13H2,1-5H3/t14-,17?/m0/s1. The summed E-state index contributed by atoms with van der Waals surface area (Å²) in [6.07, 6.45) is 0.518. The number of amides is 1. The van der Waals surface area contributed by atoms with E-state index in [9.17, 15) is 4.79 Å². The van der Waals surface area contributed by atoms with Crippen molar-refractivity contribution in [3.05, 3.63) is 35.4 Å². The molecule has 3 heterocycles. The monoisotopic (exact) mass is 394 g/mol. The van der Waals surface area contributed by atoms with Crippen molar-refractivity contribution in [3.63, 3.8) is 0 Å². The van der Waals surface area contributed by atoms with Crippen molar-refractivity contribution in [2.24, 2.45) is 5.10 Å². The van der Waals surface area contributed by atoms with Crippen LogP contribution in [-0.4, -0.2) is 58.4 Å². The number of nitrogens with zero attached hydrogens (tertiary/aromatic N) is 4. The lowest BCUT2D eigenvalue weighted by Gasteiger charge is -2.40. The SMILES string of the molecule is C[C@H]1CN(Cc2ccc(C#N)cc2)C(=O)C2CC(B3OC(C)(C)C(C)(C)O3)=NN21. The number of benzene rings is 1. The molecule has 0 radical (unpaired) electrons. The Kier molecular flexibility index (Phi) is 4.71. The molecule has 2 atom stereocenters. The third-order valence-electron chi connectivity index (χ3n) is 6.48. The van der Waals surface area contributed by atoms with Crippen LogP contribution < -0.4 is 0 Å². The molecule has 29 heavy (non-hydrogen) atoms. The lowest BCUT2D eigenvalue weighted by molar-refractivity contribution is -0.144. The van der Waals surface area contributed by atoms with Gasteiger partial charge in [0.25, 0.3) is 0 Å². The third-order valence-corrected chi connectivity index (χ3v) is 6.48. The second-order valence-corrected chi connectivity index (χ2v) is 9.16. The van der Waals surface area contributed by atoms with Gasteiger partial charge in [-0.2, -0.15) is 10.4 Å². The number of hydrazone groups is 1. The minimum atomic E-state index is -0.516. The van der Waals surface area contributed by atoms with Crippen LogP contribution in [0.25, 0.3) is 0 Å². The van der Waals surface area contributed by atoms with Crippen LogP contribution in [-0.2, 0) is 20.6 Å². The van der Waals surface area contributed by atoms with Crippen molar-refractivity contribution in [1.29, 1.82) is 5.26 Å². The molecule has 3 aliphatic rings. The van der Waals surface area contributed by atoms with Crippen molar-refractivity contribution in [2.45, 2.75) is 70.9 Å². The minimum Gasteiger partial charge on any atom is -0.399 e. The summed E-state index contributed by atoms with van der Waals surface area (Å²) in [5.74, 6) is 0.0720. The number of nitriles is 1. The molecule has 8 heteroatoms. The number of hydrogen-bond acceptors (Lipinski definition) is 6. The zero-order valence-corrected chi connectivity index (χ0v) is 17.7. The second kappa shape index (κ2) is 6.86. The molecule has 0 aromatic heterocycles. The highest BCUT2D eigenvalue weighted by Crippen LogP contribution is 2.39. The predicted molar refractivity (Wildman–Crippen MR) is 110 cm³/mol. The number of hydrogen-bond donors (Lipinski definition) is 0. The van der Waals surface area contributed by atoms with E-state index < -0.39 is 18.3 Å². The summed E-state index contributed by atoms with van der Waals surface area (Å²) >= 11 is 0. The van der Waals surface area contributed by atoms with Gasteiger partial charge >= 0.3 is 7.12 Å². The summed E-state index contributed by atoms with van der Waals surface area (Å²) in [7, 11) is -0.516. The molecule has 3 aliphatic heterocycles. The average Bonchev–Trinajstić information content (AvgIpc) is 3.20. The summed E-state index contributed by atoms with van der Waals surface area (Å²) in [4.78, 5) is 15.1. The molecule has 0 bridgehead atoms. The molecule has 2 saturated heterocycles. The van der Waals surface area contributed by atoms with Crippen LogP contribution in [0.1, 0.15) is 52.2 Å². The highest BCUT2D eigenvalue weighted by atomic mass is 16.7. The van der Waals surface area contributed by atoms with Crippen LogP contribution in [0.15, 0.2) is 29.4 Å². The molecule has 152 valence electrons. The van der Waals surface area contributed by atoms with Gasteiger partial charge in [0.05, 0.1) is 34.5 Å². The molecule has 7 nitrogen and oxygen atoms in total. The fraction of sp³-hybridized carbons (Fsp3) is 0.571. The zero-order chi connectivity index (χ0) is 21.0. The van der Waals surface area contributed by atoms with Crippen molar-refractivity contribution >= 4 is 18.6 Å². The Morgan fingerprint density at radius 3 is 2.41 bits per heavy atom. The maximum absolute atomic E-state index is 13.2. The van der Waals surface area contributed by atoms with Crippen LogP contribution in [0.2, 0.25) is 0 Å². The van der Waals surface area contributed by atoms with E-state index in [4.69, 9.17) is 19.7 Å². The third kappa shape index (κ3) is 3.43. The number of carbonyl (C=O) groups is 1. The van der Waals surface area contributed by atoms with E-state index in [0.29, 0.717) is 25.1 Å². The van der Waals surface area contributed by atoms with Crippen LogP contribution in [0, 0.1) is 11.3 Å². The second-order valence-electron chi connectivity index (χ2n) is 9.16. The van der Waals surface area contributed by atoms with E-state index in [2.05, 4.69) is 13.0 Å². The predicted octanol–water partition coefficient (Wildman–Crippen LogP) is 2.35. The van der Waals surface area contributed by atoms with Gasteiger partial charge in [-0.25, -0.2) is 0 Å². The quantitative estimate of drug-likeness (QED) is 0.736. The molecule has 2 fully saturated rings. The topological polar surface area (TPSA) is 78.2 Å². The van der Waals surface area contributed by atoms with E-state index in [0.717, 1.165) is 11.2 Å². The normalized spacial score (nSPS) is 27.7. The summed E-state index contributed by atoms with van der Waals surface area (Å²) in [5, 5.41) is 15.6. The molecule has 1 aromatic carbocycles. The lowest BCUT2D eigenvalue weighted by Crippen LogP contribution is -2.57. The Hall–Kier alpha value is -2.37. The Bertz CT molecular complexity index is 874. The van der Waals surface area contributed by atoms with Crippen molar-refractivity contribution in [3.8, 4) is 6.07 Å². The Balaban J connectivity index is 1.47. The maximum Gasteiger partial charge on any atom is 0.512 e. The van der Waals surface area contributed by atoms with E-state index in [1.807, 2.05) is 49.7 Å². The molecule has 0 N–H and O–H groups in total. The van der Waals surface area contributed by atoms with Gasteiger partial charge in [-0.15, -0.1) is 0 Å². The summed E-state index contributed by atoms with van der Waals surface area (Å²) < 4.78 is 12.3. The smallest absolute Gasteiger partial charge is 0.399 e. The van der Waals surface area contributed by atoms with Gasteiger partial charge in [0.1, 0.15) is 6.04 Å². The first-order chi connectivity index (χ1) is 13.6. The van der Waals surface area contributed by atoms with Crippen molar-refractivity contribution in [1.82, 2.24) is 9.91 Å². The average molecular weight is 394 g/mol. The van der Waals surface area contributed by atoms with E-state index in [-0.39, 0.29) is 18.0 Å². The van der Waals surface area contributed by atoms with Crippen molar-refractivity contribution < 1.29 is 14.1 Å². The first-order valence-electron chi connectivity index (χ1n) is 10.1. The van der Waals surface area contributed by atoms with Gasteiger partial charge in [0.15, 0.2) is 0 Å². The van der Waals surface area contributed by atoms with Crippen LogP contribution in [0.5, 0.6) is 0 Å². The van der Waals surface area contributed by atoms with Gasteiger partial charge < -0.3 is 14.2 Å². The lowest BCUT2D eigenvalue weighted by atomic mass is 9.79. The summed E-state index contributed by atoms with van der Waals surface area (Å²) in [6.45, 7) is 11.3. The van der Waals surface area contributed by atoms with E-state index in [1.165, 1.54) is 0 Å². The fourth-order valence-electron chi connectivity index (χ4n) is 4.03. The van der Waals surface area contributed by atoms with E-state index >= 15 is 0 Å². The molecule has 0 aliphatic carbocycles. The largest absolute Gasteiger partial charge is 0.512 e. The molecule has 1 unspecified atom stereocenters. The molecular formula is C21H27BN4O3. The minimum absolute atomic E-state index is 0.0720. The number of carbonyl (C=O) groups excluding carboxylic acids is 1. The zero-order valence-electron chi connectivity index (χ0n) is 17.7. The van der Waals surface area contributed by atoms with E-state index in [1.54, 1.807) is 12.1 Å². The molecule has 1 aromatic rings. The first-order valence-corrected chi connectivity index (χ1v) is 10.1. The Morgan fingerprint density at radius 1 is 1.21 bits per heavy atom. The van der Waals surface area contributed by atoms with Gasteiger partial charge in [-0.05, 0) is 52.3 Å². The fourth-order valence-corrected chi connectivity index (χ4v) is 4.03. The van der Waals surface area contributed by atoms with Crippen LogP contribution in [0.4, 0.5) is 0 Å². The molecule has 0 saturated carbocycles.